The van der Waals surface area contributed by atoms with Crippen LogP contribution in [0.2, 0.25) is 0 Å². The molecule has 1 aromatic heterocycles. The van der Waals surface area contributed by atoms with E-state index in [0.717, 1.165) is 41.6 Å². The molecule has 1 aliphatic rings. The van der Waals surface area contributed by atoms with Gasteiger partial charge in [0.05, 0.1) is 6.04 Å². The Labute approximate surface area is 123 Å². The van der Waals surface area contributed by atoms with E-state index < -0.39 is 0 Å². The minimum Gasteiger partial charge on any atom is -0.356 e. The summed E-state index contributed by atoms with van der Waals surface area (Å²) in [4.78, 5) is 6.34. The maximum absolute atomic E-state index is 5.48. The van der Waals surface area contributed by atoms with Gasteiger partial charge < -0.3 is 9.42 Å². The molecular formula is C15H17N3OS. The van der Waals surface area contributed by atoms with Crippen LogP contribution in [-0.4, -0.2) is 28.8 Å². The number of benzene rings is 1. The molecule has 2 aromatic rings. The summed E-state index contributed by atoms with van der Waals surface area (Å²) < 4.78 is 5.48. The number of amidine groups is 1. The largest absolute Gasteiger partial charge is 0.356 e. The topological polar surface area (TPSA) is 41.6 Å². The number of hydrogen-bond donors (Lipinski definition) is 1. The van der Waals surface area contributed by atoms with Crippen molar-refractivity contribution in [3.63, 3.8) is 0 Å². The van der Waals surface area contributed by atoms with Crippen LogP contribution in [0.3, 0.4) is 0 Å². The van der Waals surface area contributed by atoms with E-state index in [4.69, 9.17) is 4.52 Å². The molecule has 4 nitrogen and oxygen atoms in total. The molecule has 0 saturated carbocycles. The summed E-state index contributed by atoms with van der Waals surface area (Å²) in [5.41, 5.74) is 2.00. The van der Waals surface area contributed by atoms with Crippen LogP contribution in [0.4, 0.5) is 0 Å². The van der Waals surface area contributed by atoms with Gasteiger partial charge in [-0.2, -0.15) is 0 Å². The van der Waals surface area contributed by atoms with Gasteiger partial charge >= 0.3 is 0 Å². The summed E-state index contributed by atoms with van der Waals surface area (Å²) in [5.74, 6) is 0.807. The van der Waals surface area contributed by atoms with Gasteiger partial charge in [0.1, 0.15) is 5.69 Å². The molecule has 1 atom stereocenters. The van der Waals surface area contributed by atoms with Crippen molar-refractivity contribution < 1.29 is 4.52 Å². The lowest BCUT2D eigenvalue weighted by Crippen LogP contribution is -2.27. The maximum atomic E-state index is 5.48. The molecule has 1 aromatic carbocycles. The number of aliphatic imine (C=N–C) groups is 1. The van der Waals surface area contributed by atoms with E-state index >= 15 is 0 Å². The Morgan fingerprint density at radius 2 is 2.20 bits per heavy atom. The zero-order valence-electron chi connectivity index (χ0n) is 11.4. The van der Waals surface area contributed by atoms with Gasteiger partial charge in [0, 0.05) is 25.2 Å². The second kappa shape index (κ2) is 5.71. The van der Waals surface area contributed by atoms with Crippen molar-refractivity contribution in [3.05, 3.63) is 42.1 Å². The third-order valence-corrected chi connectivity index (χ3v) is 4.09. The molecule has 1 saturated heterocycles. The third kappa shape index (κ3) is 2.45. The summed E-state index contributed by atoms with van der Waals surface area (Å²) >= 11 is 4.43. The van der Waals surface area contributed by atoms with E-state index in [1.54, 1.807) is 7.05 Å². The Morgan fingerprint density at radius 3 is 2.95 bits per heavy atom. The van der Waals surface area contributed by atoms with Crippen LogP contribution in [0.15, 0.2) is 45.9 Å². The van der Waals surface area contributed by atoms with Crippen molar-refractivity contribution in [2.45, 2.75) is 18.9 Å². The summed E-state index contributed by atoms with van der Waals surface area (Å²) in [7, 11) is 1.76. The summed E-state index contributed by atoms with van der Waals surface area (Å²) in [5, 5.41) is 5.00. The second-order valence-corrected chi connectivity index (χ2v) is 5.26. The number of rotatable bonds is 2. The molecule has 5 heteroatoms. The SMILES string of the molecule is C/N=C(\S)N1CCC[C@@H]1c1cc(-c2ccccc2)on1. The van der Waals surface area contributed by atoms with E-state index in [1.807, 2.05) is 36.4 Å². The average molecular weight is 287 g/mol. The smallest absolute Gasteiger partial charge is 0.167 e. The van der Waals surface area contributed by atoms with Crippen molar-refractivity contribution in [2.75, 3.05) is 13.6 Å². The van der Waals surface area contributed by atoms with Crippen molar-refractivity contribution >= 4 is 17.8 Å². The van der Waals surface area contributed by atoms with Crippen LogP contribution in [0, 0.1) is 0 Å². The Morgan fingerprint density at radius 1 is 1.40 bits per heavy atom. The first-order valence-corrected chi connectivity index (χ1v) is 7.18. The highest BCUT2D eigenvalue weighted by molar-refractivity contribution is 7.96. The Kier molecular flexibility index (Phi) is 3.78. The fraction of sp³-hybridized carbons (Fsp3) is 0.333. The average Bonchev–Trinajstić information content (AvgIpc) is 3.15. The van der Waals surface area contributed by atoms with Crippen molar-refractivity contribution in [1.29, 1.82) is 0 Å². The van der Waals surface area contributed by atoms with Crippen LogP contribution in [0.1, 0.15) is 24.6 Å². The van der Waals surface area contributed by atoms with Crippen molar-refractivity contribution in [2.24, 2.45) is 4.99 Å². The lowest BCUT2D eigenvalue weighted by atomic mass is 10.1. The zero-order chi connectivity index (χ0) is 13.9. The normalized spacial score (nSPS) is 19.6. The van der Waals surface area contributed by atoms with Gasteiger partial charge in [-0.1, -0.05) is 35.5 Å². The van der Waals surface area contributed by atoms with Crippen LogP contribution >= 0.6 is 12.6 Å². The second-order valence-electron chi connectivity index (χ2n) is 4.86. The van der Waals surface area contributed by atoms with Crippen LogP contribution in [0.25, 0.3) is 11.3 Å². The number of nitrogens with zero attached hydrogens (tertiary/aromatic N) is 3. The minimum absolute atomic E-state index is 0.215. The number of hydrogen-bond acceptors (Lipinski definition) is 3. The van der Waals surface area contributed by atoms with Crippen molar-refractivity contribution in [1.82, 2.24) is 10.1 Å². The molecule has 1 fully saturated rings. The van der Waals surface area contributed by atoms with Gasteiger partial charge in [-0.3, -0.25) is 4.99 Å². The number of aromatic nitrogens is 1. The quantitative estimate of drug-likeness (QED) is 0.523. The van der Waals surface area contributed by atoms with Gasteiger partial charge in [-0.05, 0) is 12.8 Å². The molecule has 3 rings (SSSR count). The first-order valence-electron chi connectivity index (χ1n) is 6.74. The van der Waals surface area contributed by atoms with Crippen LogP contribution in [-0.2, 0) is 0 Å². The minimum atomic E-state index is 0.215. The molecule has 104 valence electrons. The van der Waals surface area contributed by atoms with E-state index in [2.05, 4.69) is 27.7 Å². The maximum Gasteiger partial charge on any atom is 0.167 e. The summed E-state index contributed by atoms with van der Waals surface area (Å²) in [6, 6.07) is 12.3. The lowest BCUT2D eigenvalue weighted by Gasteiger charge is -2.23. The predicted octanol–water partition coefficient (Wildman–Crippen LogP) is 3.39. The fourth-order valence-electron chi connectivity index (χ4n) is 2.63. The summed E-state index contributed by atoms with van der Waals surface area (Å²) in [6.07, 6.45) is 2.18. The van der Waals surface area contributed by atoms with E-state index in [-0.39, 0.29) is 6.04 Å². The van der Waals surface area contributed by atoms with Gasteiger partial charge in [0.25, 0.3) is 0 Å². The Balaban J connectivity index is 1.87. The Bertz CT molecular complexity index is 609. The molecule has 0 spiro atoms. The molecule has 0 unspecified atom stereocenters. The fourth-order valence-corrected chi connectivity index (χ4v) is 2.87. The van der Waals surface area contributed by atoms with Crippen LogP contribution in [0.5, 0.6) is 0 Å². The van der Waals surface area contributed by atoms with Gasteiger partial charge in [0.2, 0.25) is 0 Å². The van der Waals surface area contributed by atoms with E-state index in [9.17, 15) is 0 Å². The predicted molar refractivity (Wildman–Crippen MR) is 83.0 cm³/mol. The molecular weight excluding hydrogens is 270 g/mol. The number of likely N-dealkylation sites (tertiary alicyclic amines) is 1. The van der Waals surface area contributed by atoms with Gasteiger partial charge in [0.15, 0.2) is 10.9 Å². The molecule has 0 aliphatic carbocycles. The third-order valence-electron chi connectivity index (χ3n) is 3.64. The first-order chi connectivity index (χ1) is 9.79. The monoisotopic (exact) mass is 287 g/mol. The van der Waals surface area contributed by atoms with Gasteiger partial charge in [-0.15, -0.1) is 12.6 Å². The highest BCUT2D eigenvalue weighted by Gasteiger charge is 2.29. The first kappa shape index (κ1) is 13.2. The molecule has 0 bridgehead atoms. The van der Waals surface area contributed by atoms with Gasteiger partial charge in [-0.25, -0.2) is 0 Å². The van der Waals surface area contributed by atoms with Crippen LogP contribution < -0.4 is 0 Å². The van der Waals surface area contributed by atoms with Crippen molar-refractivity contribution in [3.8, 4) is 11.3 Å². The number of thiol groups is 1. The lowest BCUT2D eigenvalue weighted by molar-refractivity contribution is 0.362. The molecule has 0 radical (unpaired) electrons. The highest BCUT2D eigenvalue weighted by Crippen LogP contribution is 2.34. The molecule has 0 N–H and O–H groups in total. The zero-order valence-corrected chi connectivity index (χ0v) is 12.3. The highest BCUT2D eigenvalue weighted by atomic mass is 32.1. The van der Waals surface area contributed by atoms with E-state index in [0.29, 0.717) is 0 Å². The molecule has 2 heterocycles. The Hall–Kier alpha value is -1.75. The molecule has 0 amide bonds. The standard InChI is InChI=1S/C15H17N3OS/c1-16-15(20)18-9-5-8-13(18)12-10-14(19-17-12)11-6-3-2-4-7-11/h2-4,6-7,10,13H,5,8-9H2,1H3,(H,16,20)/t13-/m1/s1. The molecule has 1 aliphatic heterocycles. The molecule has 20 heavy (non-hydrogen) atoms. The van der Waals surface area contributed by atoms with E-state index in [1.165, 1.54) is 0 Å². The summed E-state index contributed by atoms with van der Waals surface area (Å²) in [6.45, 7) is 0.967.